The Morgan fingerprint density at radius 3 is 3.04 bits per heavy atom. The van der Waals surface area contributed by atoms with Crippen molar-refractivity contribution in [2.24, 2.45) is 0 Å². The third-order valence-corrected chi connectivity index (χ3v) is 5.00. The standard InChI is InChI=1S/C21H21FN2O3/c1-26-17-5-6-18-15(13-27-20(18)11-17)10-21(25)24-8-7-23-12-19(24)14-3-2-4-16(22)9-14/h2-6,9,11,13,19,23H,7-8,10,12H2,1H3. The molecule has 1 amide bonds. The number of fused-ring (bicyclic) bond motifs is 1. The van der Waals surface area contributed by atoms with Crippen molar-refractivity contribution >= 4 is 16.9 Å². The molecular formula is C21H21FN2O3. The van der Waals surface area contributed by atoms with E-state index in [-0.39, 0.29) is 24.2 Å². The van der Waals surface area contributed by atoms with Crippen LogP contribution in [0.25, 0.3) is 11.0 Å². The van der Waals surface area contributed by atoms with Gasteiger partial charge >= 0.3 is 0 Å². The second kappa shape index (κ2) is 7.40. The number of carbonyl (C=O) groups is 1. The minimum atomic E-state index is -0.291. The number of halogens is 1. The zero-order chi connectivity index (χ0) is 18.8. The molecule has 5 nitrogen and oxygen atoms in total. The molecule has 0 aliphatic carbocycles. The van der Waals surface area contributed by atoms with Crippen LogP contribution in [0, 0.1) is 5.82 Å². The fourth-order valence-electron chi connectivity index (χ4n) is 3.61. The molecule has 3 aromatic rings. The minimum Gasteiger partial charge on any atom is -0.497 e. The molecule has 1 saturated heterocycles. The SMILES string of the molecule is COc1ccc2c(CC(=O)N3CCNCC3c3cccc(F)c3)coc2c1. The zero-order valence-electron chi connectivity index (χ0n) is 15.1. The number of methoxy groups -OCH3 is 1. The van der Waals surface area contributed by atoms with Gasteiger partial charge in [-0.15, -0.1) is 0 Å². The van der Waals surface area contributed by atoms with Crippen molar-refractivity contribution in [3.05, 3.63) is 65.7 Å². The second-order valence-corrected chi connectivity index (χ2v) is 6.66. The van der Waals surface area contributed by atoms with Gasteiger partial charge in [0, 0.05) is 36.7 Å². The third kappa shape index (κ3) is 3.53. The van der Waals surface area contributed by atoms with Crippen LogP contribution in [-0.4, -0.2) is 37.6 Å². The predicted octanol–water partition coefficient (Wildman–Crippen LogP) is 3.30. The summed E-state index contributed by atoms with van der Waals surface area (Å²) < 4.78 is 24.4. The fraction of sp³-hybridized carbons (Fsp3) is 0.286. The van der Waals surface area contributed by atoms with Gasteiger partial charge in [-0.05, 0) is 29.8 Å². The number of hydrogen-bond donors (Lipinski definition) is 1. The Balaban J connectivity index is 1.57. The van der Waals surface area contributed by atoms with Crippen molar-refractivity contribution < 1.29 is 18.3 Å². The van der Waals surface area contributed by atoms with Crippen LogP contribution in [0.5, 0.6) is 5.75 Å². The van der Waals surface area contributed by atoms with Crippen molar-refractivity contribution in [3.8, 4) is 5.75 Å². The van der Waals surface area contributed by atoms with E-state index in [0.29, 0.717) is 24.4 Å². The molecule has 1 N–H and O–H groups in total. The average Bonchev–Trinajstić information content (AvgIpc) is 3.09. The zero-order valence-corrected chi connectivity index (χ0v) is 15.1. The number of amides is 1. The van der Waals surface area contributed by atoms with Crippen molar-refractivity contribution in [1.29, 1.82) is 0 Å². The topological polar surface area (TPSA) is 54.7 Å². The summed E-state index contributed by atoms with van der Waals surface area (Å²) in [6.45, 7) is 1.92. The quantitative estimate of drug-likeness (QED) is 0.768. The maximum Gasteiger partial charge on any atom is 0.227 e. The smallest absolute Gasteiger partial charge is 0.227 e. The van der Waals surface area contributed by atoms with E-state index in [9.17, 15) is 9.18 Å². The van der Waals surface area contributed by atoms with Crippen molar-refractivity contribution in [1.82, 2.24) is 10.2 Å². The van der Waals surface area contributed by atoms with Gasteiger partial charge in [-0.3, -0.25) is 4.79 Å². The van der Waals surface area contributed by atoms with Crippen molar-refractivity contribution in [2.45, 2.75) is 12.5 Å². The van der Waals surface area contributed by atoms with Crippen LogP contribution in [-0.2, 0) is 11.2 Å². The molecule has 1 fully saturated rings. The van der Waals surface area contributed by atoms with Crippen molar-refractivity contribution in [3.63, 3.8) is 0 Å². The fourth-order valence-corrected chi connectivity index (χ4v) is 3.61. The molecular weight excluding hydrogens is 347 g/mol. The summed E-state index contributed by atoms with van der Waals surface area (Å²) in [6.07, 6.45) is 1.87. The monoisotopic (exact) mass is 368 g/mol. The Bertz CT molecular complexity index is 969. The molecule has 0 bridgehead atoms. The first kappa shape index (κ1) is 17.5. The third-order valence-electron chi connectivity index (χ3n) is 5.00. The van der Waals surface area contributed by atoms with E-state index >= 15 is 0 Å². The van der Waals surface area contributed by atoms with Gasteiger partial charge in [-0.2, -0.15) is 0 Å². The first-order chi connectivity index (χ1) is 13.2. The molecule has 1 aliphatic rings. The number of nitrogens with one attached hydrogen (secondary N) is 1. The molecule has 4 rings (SSSR count). The summed E-state index contributed by atoms with van der Waals surface area (Å²) in [5, 5.41) is 4.19. The van der Waals surface area contributed by atoms with Crippen LogP contribution in [0.15, 0.2) is 53.1 Å². The molecule has 0 saturated carbocycles. The molecule has 2 heterocycles. The summed E-state index contributed by atoms with van der Waals surface area (Å²) in [5.41, 5.74) is 2.34. The van der Waals surface area contributed by atoms with E-state index in [1.165, 1.54) is 12.1 Å². The van der Waals surface area contributed by atoms with Crippen LogP contribution >= 0.6 is 0 Å². The first-order valence-electron chi connectivity index (χ1n) is 8.95. The number of nitrogens with zero attached hydrogens (tertiary/aromatic N) is 1. The number of benzene rings is 2. The highest BCUT2D eigenvalue weighted by atomic mass is 19.1. The van der Waals surface area contributed by atoms with Gasteiger partial charge in [0.1, 0.15) is 17.1 Å². The highest BCUT2D eigenvalue weighted by Gasteiger charge is 2.28. The van der Waals surface area contributed by atoms with Crippen LogP contribution in [0.1, 0.15) is 17.2 Å². The number of furan rings is 1. The molecule has 1 unspecified atom stereocenters. The van der Waals surface area contributed by atoms with Crippen LogP contribution in [0.2, 0.25) is 0 Å². The van der Waals surface area contributed by atoms with Gasteiger partial charge < -0.3 is 19.4 Å². The van der Waals surface area contributed by atoms with Gasteiger partial charge in [-0.1, -0.05) is 12.1 Å². The number of rotatable bonds is 4. The van der Waals surface area contributed by atoms with Gasteiger partial charge in [-0.25, -0.2) is 4.39 Å². The molecule has 0 spiro atoms. The van der Waals surface area contributed by atoms with E-state index < -0.39 is 0 Å². The molecule has 2 aromatic carbocycles. The van der Waals surface area contributed by atoms with E-state index in [0.717, 1.165) is 23.1 Å². The summed E-state index contributed by atoms with van der Waals surface area (Å²) in [4.78, 5) is 14.9. The highest BCUT2D eigenvalue weighted by molar-refractivity contribution is 5.88. The van der Waals surface area contributed by atoms with E-state index in [1.807, 2.05) is 29.2 Å². The molecule has 140 valence electrons. The van der Waals surface area contributed by atoms with Crippen LogP contribution in [0.3, 0.4) is 0 Å². The minimum absolute atomic E-state index is 0.00396. The predicted molar refractivity (Wildman–Crippen MR) is 100 cm³/mol. The maximum atomic E-state index is 13.6. The van der Waals surface area contributed by atoms with E-state index in [2.05, 4.69) is 5.32 Å². The van der Waals surface area contributed by atoms with Crippen LogP contribution in [0.4, 0.5) is 4.39 Å². The largest absolute Gasteiger partial charge is 0.497 e. The summed E-state index contributed by atoms with van der Waals surface area (Å²) >= 11 is 0. The lowest BCUT2D eigenvalue weighted by Crippen LogP contribution is -2.49. The first-order valence-corrected chi connectivity index (χ1v) is 8.95. The van der Waals surface area contributed by atoms with Gasteiger partial charge in [0.25, 0.3) is 0 Å². The normalized spacial score (nSPS) is 17.3. The van der Waals surface area contributed by atoms with E-state index in [4.69, 9.17) is 9.15 Å². The lowest BCUT2D eigenvalue weighted by Gasteiger charge is -2.36. The van der Waals surface area contributed by atoms with Gasteiger partial charge in [0.2, 0.25) is 5.91 Å². The molecule has 6 heteroatoms. The molecule has 27 heavy (non-hydrogen) atoms. The Morgan fingerprint density at radius 1 is 1.33 bits per heavy atom. The molecule has 0 radical (unpaired) electrons. The number of ether oxygens (including phenoxy) is 1. The Hall–Kier alpha value is -2.86. The van der Waals surface area contributed by atoms with Crippen molar-refractivity contribution in [2.75, 3.05) is 26.7 Å². The molecule has 1 aromatic heterocycles. The highest BCUT2D eigenvalue weighted by Crippen LogP contribution is 2.28. The van der Waals surface area contributed by atoms with Crippen LogP contribution < -0.4 is 10.1 Å². The molecule has 1 atom stereocenters. The Morgan fingerprint density at radius 2 is 2.22 bits per heavy atom. The van der Waals surface area contributed by atoms with Gasteiger partial charge in [0.15, 0.2) is 0 Å². The van der Waals surface area contributed by atoms with Gasteiger partial charge in [0.05, 0.1) is 25.8 Å². The Kier molecular flexibility index (Phi) is 4.81. The second-order valence-electron chi connectivity index (χ2n) is 6.66. The molecule has 1 aliphatic heterocycles. The Labute approximate surface area is 156 Å². The summed E-state index contributed by atoms with van der Waals surface area (Å²) in [7, 11) is 1.60. The van der Waals surface area contributed by atoms with E-state index in [1.54, 1.807) is 19.4 Å². The maximum absolute atomic E-state index is 13.6. The lowest BCUT2D eigenvalue weighted by atomic mass is 10.0. The number of hydrogen-bond acceptors (Lipinski definition) is 4. The summed E-state index contributed by atoms with van der Waals surface area (Å²) in [6, 6.07) is 11.8. The number of piperazine rings is 1. The summed E-state index contributed by atoms with van der Waals surface area (Å²) in [5.74, 6) is 0.424. The average molecular weight is 368 g/mol. The number of carbonyl (C=O) groups excluding carboxylic acids is 1. The lowest BCUT2D eigenvalue weighted by molar-refractivity contribution is -0.133.